The molecule has 3 heterocycles. The topological polar surface area (TPSA) is 54.2 Å². The Hall–Kier alpha value is -0.940. The van der Waals surface area contributed by atoms with Gasteiger partial charge in [0.25, 0.3) is 0 Å². The summed E-state index contributed by atoms with van der Waals surface area (Å²) in [4.78, 5) is 7.23. The van der Waals surface area contributed by atoms with Crippen molar-refractivity contribution in [3.05, 3.63) is 11.7 Å². The van der Waals surface area contributed by atoms with E-state index in [1.54, 1.807) is 0 Å². The molecule has 0 aromatic carbocycles. The molecule has 2 saturated heterocycles. The van der Waals surface area contributed by atoms with Crippen molar-refractivity contribution in [3.8, 4) is 0 Å². The highest BCUT2D eigenvalue weighted by atomic mass is 16.5. The largest absolute Gasteiger partial charge is 0.339 e. The highest BCUT2D eigenvalue weighted by molar-refractivity contribution is 5.00. The molecule has 2 aliphatic rings. The summed E-state index contributed by atoms with van der Waals surface area (Å²) in [6, 6.07) is 1.18. The molecule has 5 heteroatoms. The van der Waals surface area contributed by atoms with E-state index in [1.807, 2.05) is 0 Å². The zero-order chi connectivity index (χ0) is 13.9. The van der Waals surface area contributed by atoms with E-state index in [1.165, 1.54) is 25.8 Å². The van der Waals surface area contributed by atoms with Crippen molar-refractivity contribution in [1.29, 1.82) is 0 Å². The molecule has 2 aliphatic heterocycles. The number of nitrogens with one attached hydrogen (secondary N) is 1. The lowest BCUT2D eigenvalue weighted by Gasteiger charge is -2.38. The van der Waals surface area contributed by atoms with Gasteiger partial charge in [0.2, 0.25) is 5.89 Å². The maximum Gasteiger partial charge on any atom is 0.231 e. The van der Waals surface area contributed by atoms with Crippen LogP contribution in [0.5, 0.6) is 0 Å². The van der Waals surface area contributed by atoms with Gasteiger partial charge in [-0.3, -0.25) is 4.90 Å². The second-order valence-electron chi connectivity index (χ2n) is 6.42. The van der Waals surface area contributed by atoms with E-state index in [2.05, 4.69) is 34.2 Å². The predicted octanol–water partition coefficient (Wildman–Crippen LogP) is 1.95. The maximum atomic E-state index is 5.47. The van der Waals surface area contributed by atoms with Gasteiger partial charge in [-0.1, -0.05) is 11.6 Å². The minimum absolute atomic E-state index is 0.420. The zero-order valence-electron chi connectivity index (χ0n) is 12.6. The Morgan fingerprint density at radius 3 is 3.00 bits per heavy atom. The minimum atomic E-state index is 0.420. The molecular formula is C15H26N4O. The number of aromatic nitrogens is 2. The van der Waals surface area contributed by atoms with Gasteiger partial charge in [0.05, 0.1) is 5.92 Å². The van der Waals surface area contributed by atoms with Crippen LogP contribution in [0.1, 0.15) is 57.2 Å². The molecule has 0 amide bonds. The van der Waals surface area contributed by atoms with Gasteiger partial charge in [0.1, 0.15) is 0 Å². The van der Waals surface area contributed by atoms with Gasteiger partial charge in [-0.25, -0.2) is 0 Å². The summed E-state index contributed by atoms with van der Waals surface area (Å²) in [5.74, 6) is 2.14. The fourth-order valence-corrected chi connectivity index (χ4v) is 3.51. The van der Waals surface area contributed by atoms with E-state index in [4.69, 9.17) is 4.52 Å². The fraction of sp³-hybridized carbons (Fsp3) is 0.867. The Kier molecular flexibility index (Phi) is 4.36. The lowest BCUT2D eigenvalue weighted by atomic mass is 9.97. The van der Waals surface area contributed by atoms with Gasteiger partial charge in [0.15, 0.2) is 5.82 Å². The van der Waals surface area contributed by atoms with E-state index in [9.17, 15) is 0 Å². The highest BCUT2D eigenvalue weighted by Crippen LogP contribution is 2.24. The maximum absolute atomic E-state index is 5.47. The summed E-state index contributed by atoms with van der Waals surface area (Å²) in [7, 11) is 0. The van der Waals surface area contributed by atoms with Crippen LogP contribution in [0.3, 0.4) is 0 Å². The average Bonchev–Trinajstić information content (AvgIpc) is 3.09. The molecule has 1 N–H and O–H groups in total. The lowest BCUT2D eigenvalue weighted by Crippen LogP contribution is -2.45. The van der Waals surface area contributed by atoms with Gasteiger partial charge in [-0.15, -0.1) is 0 Å². The van der Waals surface area contributed by atoms with Gasteiger partial charge in [0, 0.05) is 25.0 Å². The molecule has 1 aromatic rings. The standard InChI is InChI=1S/C15H26N4O/c1-11(2)19-8-4-3-5-13(19)9-14-17-15(20-18-14)12-6-7-16-10-12/h11-13,16H,3-10H2,1-2H3. The SMILES string of the molecule is CC(C)N1CCCCC1Cc1noc(C2CCNC2)n1. The van der Waals surface area contributed by atoms with Gasteiger partial charge in [-0.2, -0.15) is 4.98 Å². The van der Waals surface area contributed by atoms with E-state index >= 15 is 0 Å². The normalized spacial score (nSPS) is 28.4. The zero-order valence-corrected chi connectivity index (χ0v) is 12.6. The van der Waals surface area contributed by atoms with Crippen LogP contribution in [0, 0.1) is 0 Å². The number of nitrogens with zero attached hydrogens (tertiary/aromatic N) is 3. The van der Waals surface area contributed by atoms with Crippen LogP contribution >= 0.6 is 0 Å². The van der Waals surface area contributed by atoms with Crippen LogP contribution < -0.4 is 5.32 Å². The fourth-order valence-electron chi connectivity index (χ4n) is 3.51. The van der Waals surface area contributed by atoms with Gasteiger partial charge in [-0.05, 0) is 46.2 Å². The summed E-state index contributed by atoms with van der Waals surface area (Å²) < 4.78 is 5.47. The van der Waals surface area contributed by atoms with E-state index in [-0.39, 0.29) is 0 Å². The van der Waals surface area contributed by atoms with Crippen molar-refractivity contribution in [3.63, 3.8) is 0 Å². The molecule has 0 saturated carbocycles. The van der Waals surface area contributed by atoms with Crippen LogP contribution in [-0.2, 0) is 6.42 Å². The Labute approximate surface area is 121 Å². The smallest absolute Gasteiger partial charge is 0.231 e. The van der Waals surface area contributed by atoms with E-state index < -0.39 is 0 Å². The second-order valence-corrected chi connectivity index (χ2v) is 6.42. The van der Waals surface area contributed by atoms with Crippen LogP contribution in [0.15, 0.2) is 4.52 Å². The first kappa shape index (κ1) is 14.0. The monoisotopic (exact) mass is 278 g/mol. The van der Waals surface area contributed by atoms with Crippen LogP contribution in [0.2, 0.25) is 0 Å². The molecule has 2 unspecified atom stereocenters. The molecule has 0 aliphatic carbocycles. The molecule has 2 atom stereocenters. The number of likely N-dealkylation sites (tertiary alicyclic amines) is 1. The minimum Gasteiger partial charge on any atom is -0.339 e. The molecule has 2 fully saturated rings. The van der Waals surface area contributed by atoms with E-state index in [0.29, 0.717) is 18.0 Å². The summed E-state index contributed by atoms with van der Waals surface area (Å²) >= 11 is 0. The molecule has 1 aromatic heterocycles. The third-order valence-corrected chi connectivity index (χ3v) is 4.65. The molecule has 112 valence electrons. The van der Waals surface area contributed by atoms with Crippen molar-refractivity contribution in [2.75, 3.05) is 19.6 Å². The summed E-state index contributed by atoms with van der Waals surface area (Å²) in [6.45, 7) is 7.81. The van der Waals surface area contributed by atoms with Crippen molar-refractivity contribution >= 4 is 0 Å². The van der Waals surface area contributed by atoms with Crippen molar-refractivity contribution < 1.29 is 4.52 Å². The summed E-state index contributed by atoms with van der Waals surface area (Å²) in [6.07, 6.45) is 5.95. The lowest BCUT2D eigenvalue weighted by molar-refractivity contribution is 0.110. The first-order valence-corrected chi connectivity index (χ1v) is 8.03. The third kappa shape index (κ3) is 3.04. The van der Waals surface area contributed by atoms with E-state index in [0.717, 1.165) is 37.6 Å². The predicted molar refractivity (Wildman–Crippen MR) is 77.7 cm³/mol. The average molecular weight is 278 g/mol. The summed E-state index contributed by atoms with van der Waals surface area (Å²) in [5, 5.41) is 7.56. The Morgan fingerprint density at radius 1 is 1.35 bits per heavy atom. The van der Waals surface area contributed by atoms with Gasteiger partial charge >= 0.3 is 0 Å². The first-order valence-electron chi connectivity index (χ1n) is 8.03. The summed E-state index contributed by atoms with van der Waals surface area (Å²) in [5.41, 5.74) is 0. The number of hydrogen-bond donors (Lipinski definition) is 1. The molecular weight excluding hydrogens is 252 g/mol. The van der Waals surface area contributed by atoms with Crippen LogP contribution in [0.4, 0.5) is 0 Å². The van der Waals surface area contributed by atoms with Crippen molar-refractivity contribution in [2.24, 2.45) is 0 Å². The Bertz CT molecular complexity index is 425. The third-order valence-electron chi connectivity index (χ3n) is 4.65. The highest BCUT2D eigenvalue weighted by Gasteiger charge is 2.27. The molecule has 0 spiro atoms. The second kappa shape index (κ2) is 6.22. The number of hydrogen-bond acceptors (Lipinski definition) is 5. The molecule has 20 heavy (non-hydrogen) atoms. The molecule has 0 bridgehead atoms. The van der Waals surface area contributed by atoms with Crippen molar-refractivity contribution in [2.45, 2.75) is 64.0 Å². The molecule has 5 nitrogen and oxygen atoms in total. The van der Waals surface area contributed by atoms with Crippen LogP contribution in [-0.4, -0.2) is 46.8 Å². The first-order chi connectivity index (χ1) is 9.74. The molecule has 3 rings (SSSR count). The van der Waals surface area contributed by atoms with Gasteiger partial charge < -0.3 is 9.84 Å². The quantitative estimate of drug-likeness (QED) is 0.912. The Morgan fingerprint density at radius 2 is 2.25 bits per heavy atom. The van der Waals surface area contributed by atoms with Crippen LogP contribution in [0.25, 0.3) is 0 Å². The number of rotatable bonds is 4. The molecule has 0 radical (unpaired) electrons. The Balaban J connectivity index is 1.64. The number of piperidine rings is 1. The van der Waals surface area contributed by atoms with Crippen molar-refractivity contribution in [1.82, 2.24) is 20.4 Å².